The van der Waals surface area contributed by atoms with E-state index in [1.807, 2.05) is 43.3 Å². The van der Waals surface area contributed by atoms with Crippen LogP contribution in [0.25, 0.3) is 27.7 Å². The molecule has 0 saturated heterocycles. The first-order chi connectivity index (χ1) is 9.25. The molecule has 0 spiro atoms. The molecule has 0 atom stereocenters. The molecular formula is C18H15N. The van der Waals surface area contributed by atoms with Gasteiger partial charge in [0, 0.05) is 10.9 Å². The molecule has 0 radical (unpaired) electrons. The third-order valence-electron chi connectivity index (χ3n) is 3.25. The third kappa shape index (κ3) is 2.15. The molecular weight excluding hydrogens is 230 g/mol. The van der Waals surface area contributed by atoms with Crippen LogP contribution in [0.4, 0.5) is 0 Å². The first-order valence-electron chi connectivity index (χ1n) is 6.37. The molecule has 0 aliphatic carbocycles. The second-order valence-corrected chi connectivity index (χ2v) is 4.72. The van der Waals surface area contributed by atoms with E-state index in [4.69, 9.17) is 4.98 Å². The number of nitrogens with zero attached hydrogens (tertiary/aromatic N) is 1. The summed E-state index contributed by atoms with van der Waals surface area (Å²) in [7, 11) is 0. The molecule has 3 aromatic rings. The van der Waals surface area contributed by atoms with E-state index in [9.17, 15) is 0 Å². The summed E-state index contributed by atoms with van der Waals surface area (Å²) in [6.07, 6.45) is 0. The molecule has 1 heteroatoms. The second-order valence-electron chi connectivity index (χ2n) is 4.72. The van der Waals surface area contributed by atoms with Crippen molar-refractivity contribution in [3.63, 3.8) is 0 Å². The van der Waals surface area contributed by atoms with Crippen molar-refractivity contribution in [3.8, 4) is 11.3 Å². The maximum Gasteiger partial charge on any atom is 0.0715 e. The Hall–Kier alpha value is -2.41. The van der Waals surface area contributed by atoms with E-state index in [2.05, 4.69) is 30.8 Å². The van der Waals surface area contributed by atoms with Crippen molar-refractivity contribution in [2.45, 2.75) is 6.92 Å². The number of benzene rings is 2. The van der Waals surface area contributed by atoms with Gasteiger partial charge >= 0.3 is 0 Å². The Morgan fingerprint density at radius 2 is 1.63 bits per heavy atom. The quantitative estimate of drug-likeness (QED) is 0.623. The minimum absolute atomic E-state index is 0.998. The predicted molar refractivity (Wildman–Crippen MR) is 81.9 cm³/mol. The van der Waals surface area contributed by atoms with Crippen LogP contribution in [0.1, 0.15) is 12.5 Å². The van der Waals surface area contributed by atoms with Crippen molar-refractivity contribution in [2.75, 3.05) is 0 Å². The number of fused-ring (bicyclic) bond motifs is 1. The Morgan fingerprint density at radius 1 is 0.947 bits per heavy atom. The molecule has 2 aromatic carbocycles. The molecule has 0 aliphatic heterocycles. The Bertz CT molecular complexity index is 742. The number of hydrogen-bond acceptors (Lipinski definition) is 1. The maximum absolute atomic E-state index is 4.75. The zero-order valence-electron chi connectivity index (χ0n) is 10.9. The highest BCUT2D eigenvalue weighted by atomic mass is 14.7. The van der Waals surface area contributed by atoms with Crippen molar-refractivity contribution < 1.29 is 0 Å². The first-order valence-corrected chi connectivity index (χ1v) is 6.37. The first kappa shape index (κ1) is 11.7. The molecule has 1 heterocycles. The van der Waals surface area contributed by atoms with E-state index in [-0.39, 0.29) is 0 Å². The van der Waals surface area contributed by atoms with Crippen LogP contribution in [0.5, 0.6) is 0 Å². The largest absolute Gasteiger partial charge is 0.248 e. The van der Waals surface area contributed by atoms with Crippen molar-refractivity contribution in [1.29, 1.82) is 0 Å². The summed E-state index contributed by atoms with van der Waals surface area (Å²) < 4.78 is 0. The van der Waals surface area contributed by atoms with Gasteiger partial charge in [-0.25, -0.2) is 4.98 Å². The van der Waals surface area contributed by atoms with Gasteiger partial charge in [-0.15, -0.1) is 0 Å². The molecule has 0 amide bonds. The summed E-state index contributed by atoms with van der Waals surface area (Å²) in [5, 5.41) is 1.16. The van der Waals surface area contributed by atoms with Crippen LogP contribution in [0.15, 0.2) is 67.2 Å². The molecule has 0 bridgehead atoms. The number of pyridine rings is 1. The zero-order valence-corrected chi connectivity index (χ0v) is 10.9. The number of rotatable bonds is 2. The number of para-hydroxylation sites is 1. The van der Waals surface area contributed by atoms with E-state index in [1.165, 1.54) is 5.56 Å². The summed E-state index contributed by atoms with van der Waals surface area (Å²) in [4.78, 5) is 4.75. The molecule has 1 nitrogen and oxygen atoms in total. The van der Waals surface area contributed by atoms with Crippen LogP contribution in [0.3, 0.4) is 0 Å². The Balaban J connectivity index is 2.31. The fraction of sp³-hybridized carbons (Fsp3) is 0.0556. The molecule has 1 aromatic heterocycles. The van der Waals surface area contributed by atoms with Gasteiger partial charge in [0.1, 0.15) is 0 Å². The van der Waals surface area contributed by atoms with E-state index >= 15 is 0 Å². The Morgan fingerprint density at radius 3 is 2.37 bits per heavy atom. The highest BCUT2D eigenvalue weighted by Crippen LogP contribution is 2.28. The lowest BCUT2D eigenvalue weighted by Crippen LogP contribution is -1.90. The predicted octanol–water partition coefficient (Wildman–Crippen LogP) is 4.93. The summed E-state index contributed by atoms with van der Waals surface area (Å²) in [5.74, 6) is 0. The normalized spacial score (nSPS) is 10.6. The molecule has 0 fully saturated rings. The maximum atomic E-state index is 4.75. The minimum atomic E-state index is 0.998. The van der Waals surface area contributed by atoms with E-state index in [0.717, 1.165) is 27.7 Å². The van der Waals surface area contributed by atoms with Gasteiger partial charge in [-0.3, -0.25) is 0 Å². The summed E-state index contributed by atoms with van der Waals surface area (Å²) >= 11 is 0. The Labute approximate surface area is 113 Å². The highest BCUT2D eigenvalue weighted by molar-refractivity contribution is 5.92. The van der Waals surface area contributed by atoms with Gasteiger partial charge in [0.15, 0.2) is 0 Å². The van der Waals surface area contributed by atoms with Crippen LogP contribution in [-0.2, 0) is 0 Å². The van der Waals surface area contributed by atoms with Gasteiger partial charge < -0.3 is 0 Å². The van der Waals surface area contributed by atoms with Crippen LogP contribution in [0.2, 0.25) is 0 Å². The van der Waals surface area contributed by atoms with Gasteiger partial charge in [-0.1, -0.05) is 60.7 Å². The molecule has 92 valence electrons. The molecule has 0 aliphatic rings. The molecule has 19 heavy (non-hydrogen) atoms. The van der Waals surface area contributed by atoms with Crippen molar-refractivity contribution in [2.24, 2.45) is 0 Å². The number of allylic oxidation sites excluding steroid dienone is 1. The van der Waals surface area contributed by atoms with Gasteiger partial charge in [-0.05, 0) is 24.6 Å². The van der Waals surface area contributed by atoms with Crippen LogP contribution in [-0.4, -0.2) is 4.98 Å². The van der Waals surface area contributed by atoms with Gasteiger partial charge in [0.2, 0.25) is 0 Å². The van der Waals surface area contributed by atoms with Gasteiger partial charge in [-0.2, -0.15) is 0 Å². The lowest BCUT2D eigenvalue weighted by Gasteiger charge is -2.09. The summed E-state index contributed by atoms with van der Waals surface area (Å²) in [6.45, 7) is 6.12. The topological polar surface area (TPSA) is 12.9 Å². The van der Waals surface area contributed by atoms with Crippen molar-refractivity contribution in [1.82, 2.24) is 4.98 Å². The average Bonchev–Trinajstić information content (AvgIpc) is 2.47. The summed E-state index contributed by atoms with van der Waals surface area (Å²) in [5.41, 5.74) is 5.38. The van der Waals surface area contributed by atoms with Crippen LogP contribution < -0.4 is 0 Å². The average molecular weight is 245 g/mol. The lowest BCUT2D eigenvalue weighted by atomic mass is 10.0. The fourth-order valence-corrected chi connectivity index (χ4v) is 2.29. The van der Waals surface area contributed by atoms with Gasteiger partial charge in [0.25, 0.3) is 0 Å². The second kappa shape index (κ2) is 4.69. The van der Waals surface area contributed by atoms with E-state index in [0.29, 0.717) is 0 Å². The molecule has 0 unspecified atom stereocenters. The third-order valence-corrected chi connectivity index (χ3v) is 3.25. The molecule has 0 saturated carbocycles. The van der Waals surface area contributed by atoms with E-state index < -0.39 is 0 Å². The fourth-order valence-electron chi connectivity index (χ4n) is 2.29. The lowest BCUT2D eigenvalue weighted by molar-refractivity contribution is 1.38. The molecule has 3 rings (SSSR count). The van der Waals surface area contributed by atoms with Crippen molar-refractivity contribution in [3.05, 3.63) is 72.8 Å². The number of hydrogen-bond donors (Lipinski definition) is 0. The Kier molecular flexibility index (Phi) is 2.88. The zero-order chi connectivity index (χ0) is 13.2. The highest BCUT2D eigenvalue weighted by Gasteiger charge is 2.07. The monoisotopic (exact) mass is 245 g/mol. The van der Waals surface area contributed by atoms with Crippen LogP contribution in [0, 0.1) is 0 Å². The van der Waals surface area contributed by atoms with Crippen molar-refractivity contribution >= 4 is 16.5 Å². The van der Waals surface area contributed by atoms with E-state index in [1.54, 1.807) is 0 Å². The van der Waals surface area contributed by atoms with Gasteiger partial charge in [0.05, 0.1) is 11.2 Å². The number of aromatic nitrogens is 1. The smallest absolute Gasteiger partial charge is 0.0715 e. The van der Waals surface area contributed by atoms with Crippen LogP contribution >= 0.6 is 0 Å². The minimum Gasteiger partial charge on any atom is -0.248 e. The SMILES string of the molecule is C=C(C)c1cc(-c2ccccc2)nc2ccccc12. The standard InChI is InChI=1S/C18H15N/c1-13(2)16-12-18(14-8-4-3-5-9-14)19-17-11-7-6-10-15(16)17/h3-12H,1H2,2H3. The molecule has 0 N–H and O–H groups in total. The summed E-state index contributed by atoms with van der Waals surface area (Å²) in [6, 6.07) is 20.6.